The quantitative estimate of drug-likeness (QED) is 0.790. The monoisotopic (exact) mass is 339 g/mol. The van der Waals surface area contributed by atoms with Crippen LogP contribution in [-0.2, 0) is 4.74 Å². The summed E-state index contributed by atoms with van der Waals surface area (Å²) in [6.07, 6.45) is 1.55. The number of hydrogen-bond donors (Lipinski definition) is 2. The fraction of sp³-hybridized carbons (Fsp3) is 0.200. The molecule has 0 saturated heterocycles. The Hall–Kier alpha value is -1.82. The maximum atomic E-state index is 11.9. The molecule has 2 N–H and O–H groups in total. The number of hydrogen-bond acceptors (Lipinski definition) is 4. The Balaban J connectivity index is 2.09. The summed E-state index contributed by atoms with van der Waals surface area (Å²) in [4.78, 5) is 16.0. The van der Waals surface area contributed by atoms with Gasteiger partial charge >= 0.3 is 0 Å². The normalized spacial score (nSPS) is 10.3. The molecule has 0 unspecified atom stereocenters. The third-order valence-electron chi connectivity index (χ3n) is 2.79. The third-order valence-corrected chi connectivity index (χ3v) is 3.34. The van der Waals surface area contributed by atoms with Crippen LogP contribution in [0.25, 0.3) is 0 Å². The Morgan fingerprint density at radius 1 is 1.27 bits per heavy atom. The van der Waals surface area contributed by atoms with E-state index in [2.05, 4.69) is 15.6 Å². The van der Waals surface area contributed by atoms with E-state index in [9.17, 15) is 4.79 Å². The van der Waals surface area contributed by atoms with Gasteiger partial charge in [-0.15, -0.1) is 0 Å². The molecule has 0 fully saturated rings. The zero-order valence-electron chi connectivity index (χ0n) is 11.9. The van der Waals surface area contributed by atoms with E-state index in [1.807, 2.05) is 0 Å². The van der Waals surface area contributed by atoms with Crippen LogP contribution in [0.4, 0.5) is 11.4 Å². The molecule has 0 bridgehead atoms. The Labute approximate surface area is 138 Å². The molecule has 2 aromatic rings. The summed E-state index contributed by atoms with van der Waals surface area (Å²) in [5.74, 6) is -0.261. The minimum atomic E-state index is -0.261. The van der Waals surface area contributed by atoms with Crippen molar-refractivity contribution in [1.29, 1.82) is 0 Å². The standard InChI is InChI=1S/C15H15Cl2N3O2/c1-22-7-6-19-15(21)14-9-11(4-5-18-14)20-13-3-2-10(16)8-12(13)17/h2-5,8-9H,6-7H2,1H3,(H,18,20)(H,19,21). The number of pyridine rings is 1. The molecule has 22 heavy (non-hydrogen) atoms. The van der Waals surface area contributed by atoms with Crippen LogP contribution >= 0.6 is 23.2 Å². The molecule has 0 atom stereocenters. The number of rotatable bonds is 6. The average Bonchev–Trinajstić information content (AvgIpc) is 2.50. The summed E-state index contributed by atoms with van der Waals surface area (Å²) in [7, 11) is 1.57. The van der Waals surface area contributed by atoms with Gasteiger partial charge in [0.15, 0.2) is 0 Å². The summed E-state index contributed by atoms with van der Waals surface area (Å²) < 4.78 is 4.88. The van der Waals surface area contributed by atoms with Crippen molar-refractivity contribution in [3.05, 3.63) is 52.3 Å². The molecule has 0 radical (unpaired) electrons. The van der Waals surface area contributed by atoms with E-state index >= 15 is 0 Å². The lowest BCUT2D eigenvalue weighted by molar-refractivity contribution is 0.0932. The van der Waals surface area contributed by atoms with Gasteiger partial charge in [0.05, 0.1) is 17.3 Å². The van der Waals surface area contributed by atoms with Crippen LogP contribution in [-0.4, -0.2) is 31.2 Å². The first-order valence-electron chi connectivity index (χ1n) is 6.55. The molecular formula is C15H15Cl2N3O2. The van der Waals surface area contributed by atoms with Gasteiger partial charge in [0, 0.05) is 30.6 Å². The number of amides is 1. The first-order valence-corrected chi connectivity index (χ1v) is 7.31. The van der Waals surface area contributed by atoms with Crippen molar-refractivity contribution in [3.63, 3.8) is 0 Å². The SMILES string of the molecule is COCCNC(=O)c1cc(Nc2ccc(Cl)cc2Cl)ccn1. The fourth-order valence-electron chi connectivity index (χ4n) is 1.74. The lowest BCUT2D eigenvalue weighted by Gasteiger charge is -2.10. The number of nitrogens with one attached hydrogen (secondary N) is 2. The minimum Gasteiger partial charge on any atom is -0.383 e. The summed E-state index contributed by atoms with van der Waals surface area (Å²) >= 11 is 12.0. The van der Waals surface area contributed by atoms with Crippen LogP contribution in [0.2, 0.25) is 10.0 Å². The van der Waals surface area contributed by atoms with Gasteiger partial charge in [0.1, 0.15) is 5.69 Å². The van der Waals surface area contributed by atoms with Crippen molar-refractivity contribution < 1.29 is 9.53 Å². The third kappa shape index (κ3) is 4.59. The highest BCUT2D eigenvalue weighted by molar-refractivity contribution is 6.36. The Morgan fingerprint density at radius 3 is 2.82 bits per heavy atom. The first-order chi connectivity index (χ1) is 10.6. The molecule has 0 aliphatic heterocycles. The molecule has 1 aromatic heterocycles. The largest absolute Gasteiger partial charge is 0.383 e. The lowest BCUT2D eigenvalue weighted by Crippen LogP contribution is -2.27. The summed E-state index contributed by atoms with van der Waals surface area (Å²) in [6, 6.07) is 8.54. The summed E-state index contributed by atoms with van der Waals surface area (Å²) in [6.45, 7) is 0.877. The van der Waals surface area contributed by atoms with Crippen LogP contribution in [0.15, 0.2) is 36.5 Å². The van der Waals surface area contributed by atoms with E-state index in [0.29, 0.717) is 40.3 Å². The molecule has 2 rings (SSSR count). The Morgan fingerprint density at radius 2 is 2.09 bits per heavy atom. The molecule has 5 nitrogen and oxygen atoms in total. The highest BCUT2D eigenvalue weighted by Gasteiger charge is 2.08. The predicted molar refractivity (Wildman–Crippen MR) is 88.2 cm³/mol. The highest BCUT2D eigenvalue weighted by atomic mass is 35.5. The summed E-state index contributed by atoms with van der Waals surface area (Å²) in [5, 5.41) is 6.89. The minimum absolute atomic E-state index is 0.261. The molecule has 1 aromatic carbocycles. The molecule has 1 amide bonds. The van der Waals surface area contributed by atoms with Crippen molar-refractivity contribution >= 4 is 40.5 Å². The Bertz CT molecular complexity index is 665. The van der Waals surface area contributed by atoms with E-state index in [1.54, 1.807) is 43.6 Å². The fourth-order valence-corrected chi connectivity index (χ4v) is 2.19. The van der Waals surface area contributed by atoms with E-state index < -0.39 is 0 Å². The molecular weight excluding hydrogens is 325 g/mol. The molecule has 116 valence electrons. The molecule has 7 heteroatoms. The number of aromatic nitrogens is 1. The molecule has 0 spiro atoms. The number of methoxy groups -OCH3 is 1. The number of halogens is 2. The molecule has 1 heterocycles. The molecule has 0 aliphatic rings. The first kappa shape index (κ1) is 16.5. The number of ether oxygens (including phenoxy) is 1. The van der Waals surface area contributed by atoms with E-state index in [4.69, 9.17) is 27.9 Å². The smallest absolute Gasteiger partial charge is 0.270 e. The van der Waals surface area contributed by atoms with Gasteiger partial charge in [-0.2, -0.15) is 0 Å². The highest BCUT2D eigenvalue weighted by Crippen LogP contribution is 2.28. The van der Waals surface area contributed by atoms with E-state index in [0.717, 1.165) is 0 Å². The van der Waals surface area contributed by atoms with Crippen LogP contribution < -0.4 is 10.6 Å². The molecule has 0 saturated carbocycles. The van der Waals surface area contributed by atoms with Crippen molar-refractivity contribution in [1.82, 2.24) is 10.3 Å². The van der Waals surface area contributed by atoms with Gasteiger partial charge in [0.2, 0.25) is 0 Å². The second-order valence-electron chi connectivity index (χ2n) is 4.43. The number of anilines is 2. The van der Waals surface area contributed by atoms with Crippen molar-refractivity contribution in [3.8, 4) is 0 Å². The van der Waals surface area contributed by atoms with E-state index in [1.165, 1.54) is 0 Å². The van der Waals surface area contributed by atoms with Gasteiger partial charge in [-0.1, -0.05) is 23.2 Å². The van der Waals surface area contributed by atoms with Gasteiger partial charge in [0.25, 0.3) is 5.91 Å². The number of nitrogens with zero attached hydrogens (tertiary/aromatic N) is 1. The van der Waals surface area contributed by atoms with Crippen molar-refractivity contribution in [2.45, 2.75) is 0 Å². The van der Waals surface area contributed by atoms with Gasteiger partial charge in [-0.3, -0.25) is 9.78 Å². The number of benzene rings is 1. The maximum absolute atomic E-state index is 11.9. The predicted octanol–water partition coefficient (Wildman–Crippen LogP) is 3.51. The lowest BCUT2D eigenvalue weighted by atomic mass is 10.2. The van der Waals surface area contributed by atoms with Crippen molar-refractivity contribution in [2.75, 3.05) is 25.6 Å². The second-order valence-corrected chi connectivity index (χ2v) is 5.27. The van der Waals surface area contributed by atoms with Crippen molar-refractivity contribution in [2.24, 2.45) is 0 Å². The number of carbonyl (C=O) groups is 1. The Kier molecular flexibility index (Phi) is 6.00. The van der Waals surface area contributed by atoms with Crippen LogP contribution in [0, 0.1) is 0 Å². The van der Waals surface area contributed by atoms with E-state index in [-0.39, 0.29) is 5.91 Å². The number of carbonyl (C=O) groups excluding carboxylic acids is 1. The zero-order valence-corrected chi connectivity index (χ0v) is 13.4. The van der Waals surface area contributed by atoms with Gasteiger partial charge in [-0.05, 0) is 30.3 Å². The average molecular weight is 340 g/mol. The van der Waals surface area contributed by atoms with Crippen LogP contribution in [0.5, 0.6) is 0 Å². The second kappa shape index (κ2) is 7.98. The zero-order chi connectivity index (χ0) is 15.9. The van der Waals surface area contributed by atoms with Gasteiger partial charge < -0.3 is 15.4 Å². The van der Waals surface area contributed by atoms with Crippen LogP contribution in [0.1, 0.15) is 10.5 Å². The summed E-state index contributed by atoms with van der Waals surface area (Å²) in [5.41, 5.74) is 1.71. The van der Waals surface area contributed by atoms with Gasteiger partial charge in [-0.25, -0.2) is 0 Å². The topological polar surface area (TPSA) is 63.2 Å². The maximum Gasteiger partial charge on any atom is 0.270 e. The van der Waals surface area contributed by atoms with Crippen LogP contribution in [0.3, 0.4) is 0 Å². The molecule has 0 aliphatic carbocycles.